The van der Waals surface area contributed by atoms with Crippen LogP contribution in [-0.4, -0.2) is 44.5 Å². The average Bonchev–Trinajstić information content (AvgIpc) is 2.74. The number of benzene rings is 2. The molecule has 0 radical (unpaired) electrons. The Morgan fingerprint density at radius 3 is 2.16 bits per heavy atom. The van der Waals surface area contributed by atoms with Crippen LogP contribution >= 0.6 is 0 Å². The Bertz CT molecular complexity index is 985. The normalized spacial score (nSPS) is 15.6. The smallest absolute Gasteiger partial charge is 0.367 e. The van der Waals surface area contributed by atoms with Crippen LogP contribution in [0.3, 0.4) is 0 Å². The molecule has 2 aromatic rings. The van der Waals surface area contributed by atoms with Gasteiger partial charge in [-0.2, -0.15) is 17.5 Å². The molecule has 0 aromatic heterocycles. The van der Waals surface area contributed by atoms with Crippen molar-refractivity contribution in [2.75, 3.05) is 25.0 Å². The predicted octanol–water partition coefficient (Wildman–Crippen LogP) is 4.19. The molecule has 1 aliphatic rings. The summed E-state index contributed by atoms with van der Waals surface area (Å²) in [5.74, 6) is -0.422. The van der Waals surface area contributed by atoms with Gasteiger partial charge in [0.15, 0.2) is 0 Å². The van der Waals surface area contributed by atoms with Crippen LogP contribution in [0.4, 0.5) is 18.9 Å². The van der Waals surface area contributed by atoms with Crippen molar-refractivity contribution in [1.29, 1.82) is 0 Å². The number of amides is 1. The van der Waals surface area contributed by atoms with Crippen molar-refractivity contribution in [2.24, 2.45) is 0 Å². The van der Waals surface area contributed by atoms with E-state index in [2.05, 4.69) is 10.1 Å². The van der Waals surface area contributed by atoms with Crippen molar-refractivity contribution >= 4 is 21.6 Å². The summed E-state index contributed by atoms with van der Waals surface area (Å²) in [6.45, 7) is -0.525. The molecule has 1 heterocycles. The first kappa shape index (κ1) is 23.2. The summed E-state index contributed by atoms with van der Waals surface area (Å²) in [5, 5.41) is 2.67. The van der Waals surface area contributed by atoms with Gasteiger partial charge in [0.25, 0.3) is 5.91 Å². The number of hydrogen-bond acceptors (Lipinski definition) is 4. The van der Waals surface area contributed by atoms with Crippen LogP contribution in [0.2, 0.25) is 0 Å². The van der Waals surface area contributed by atoms with Crippen molar-refractivity contribution in [2.45, 2.75) is 36.9 Å². The number of carbonyl (C=O) groups excluding carboxylic acids is 1. The van der Waals surface area contributed by atoms with Gasteiger partial charge >= 0.3 is 6.18 Å². The first-order valence-electron chi connectivity index (χ1n) is 9.80. The molecule has 168 valence electrons. The Balaban J connectivity index is 1.58. The van der Waals surface area contributed by atoms with E-state index in [0.717, 1.165) is 19.3 Å². The molecule has 1 saturated heterocycles. The minimum absolute atomic E-state index is 0.176. The Morgan fingerprint density at radius 1 is 0.968 bits per heavy atom. The topological polar surface area (TPSA) is 75.7 Å². The van der Waals surface area contributed by atoms with Crippen molar-refractivity contribution in [3.63, 3.8) is 0 Å². The number of sulfonamides is 1. The van der Waals surface area contributed by atoms with Gasteiger partial charge in [-0.25, -0.2) is 8.42 Å². The molecule has 0 atom stereocenters. The van der Waals surface area contributed by atoms with Gasteiger partial charge in [0.05, 0.1) is 11.5 Å². The Labute approximate surface area is 179 Å². The fraction of sp³-hybridized carbons (Fsp3) is 0.381. The van der Waals surface area contributed by atoms with Gasteiger partial charge in [0, 0.05) is 24.3 Å². The summed E-state index contributed by atoms with van der Waals surface area (Å²) in [4.78, 5) is 12.6. The van der Waals surface area contributed by atoms with Crippen molar-refractivity contribution in [3.05, 3.63) is 59.7 Å². The van der Waals surface area contributed by atoms with Gasteiger partial charge in [-0.3, -0.25) is 4.79 Å². The average molecular weight is 456 g/mol. The molecule has 0 spiro atoms. The lowest BCUT2D eigenvalue weighted by Crippen LogP contribution is -2.35. The number of nitrogens with one attached hydrogen (secondary N) is 1. The first-order valence-corrected chi connectivity index (χ1v) is 11.2. The lowest BCUT2D eigenvalue weighted by atomic mass is 10.1. The molecular weight excluding hydrogens is 433 g/mol. The number of halogens is 3. The number of anilines is 1. The van der Waals surface area contributed by atoms with E-state index in [1.807, 2.05) is 0 Å². The lowest BCUT2D eigenvalue weighted by Gasteiger charge is -2.25. The quantitative estimate of drug-likeness (QED) is 0.678. The van der Waals surface area contributed by atoms with Crippen LogP contribution in [0.1, 0.15) is 35.2 Å². The molecule has 0 aliphatic carbocycles. The number of carbonyl (C=O) groups is 1. The summed E-state index contributed by atoms with van der Waals surface area (Å²) in [5.41, 5.74) is 1.25. The highest BCUT2D eigenvalue weighted by molar-refractivity contribution is 7.89. The predicted molar refractivity (Wildman–Crippen MR) is 109 cm³/mol. The number of hydrogen-bond donors (Lipinski definition) is 1. The molecule has 10 heteroatoms. The highest BCUT2D eigenvalue weighted by Gasteiger charge is 2.27. The lowest BCUT2D eigenvalue weighted by molar-refractivity contribution is -0.176. The van der Waals surface area contributed by atoms with Crippen molar-refractivity contribution in [3.8, 4) is 0 Å². The molecule has 0 bridgehead atoms. The zero-order valence-corrected chi connectivity index (χ0v) is 17.5. The van der Waals surface area contributed by atoms with Gasteiger partial charge in [-0.1, -0.05) is 18.6 Å². The van der Waals surface area contributed by atoms with Crippen LogP contribution in [0.5, 0.6) is 0 Å². The number of alkyl halides is 3. The molecule has 6 nitrogen and oxygen atoms in total. The number of rotatable bonds is 7. The zero-order chi connectivity index (χ0) is 22.5. The molecular formula is C21H23F3N2O4S. The maximum Gasteiger partial charge on any atom is 0.411 e. The van der Waals surface area contributed by atoms with E-state index >= 15 is 0 Å². The minimum atomic E-state index is -4.39. The van der Waals surface area contributed by atoms with E-state index in [-0.39, 0.29) is 11.5 Å². The molecule has 0 saturated carbocycles. The van der Waals surface area contributed by atoms with Gasteiger partial charge in [0.2, 0.25) is 10.0 Å². The molecule has 3 rings (SSSR count). The minimum Gasteiger partial charge on any atom is -0.367 e. The number of nitrogens with zero attached hydrogens (tertiary/aromatic N) is 1. The van der Waals surface area contributed by atoms with Gasteiger partial charge in [-0.05, 0) is 54.8 Å². The van der Waals surface area contributed by atoms with Gasteiger partial charge in [0.1, 0.15) is 6.61 Å². The van der Waals surface area contributed by atoms with E-state index in [4.69, 9.17) is 0 Å². The third kappa shape index (κ3) is 6.52. The standard InChI is InChI=1S/C21H23F3N2O4S/c22-21(23,24)15-30-14-16-4-6-17(7-5-16)20(27)25-18-8-10-19(11-9-18)31(28,29)26-12-2-1-3-13-26/h4-11H,1-3,12-15H2,(H,25,27). The second kappa shape index (κ2) is 9.80. The molecule has 1 aliphatic heterocycles. The van der Waals surface area contributed by atoms with Crippen LogP contribution in [0, 0.1) is 0 Å². The maximum atomic E-state index is 12.7. The summed E-state index contributed by atoms with van der Waals surface area (Å²) in [6, 6.07) is 12.0. The maximum absolute atomic E-state index is 12.7. The van der Waals surface area contributed by atoms with E-state index in [9.17, 15) is 26.4 Å². The summed E-state index contributed by atoms with van der Waals surface area (Å²) in [7, 11) is -3.54. The van der Waals surface area contributed by atoms with E-state index < -0.39 is 28.7 Å². The Morgan fingerprint density at radius 2 is 1.58 bits per heavy atom. The highest BCUT2D eigenvalue weighted by Crippen LogP contribution is 2.22. The van der Waals surface area contributed by atoms with Gasteiger partial charge in [-0.15, -0.1) is 0 Å². The van der Waals surface area contributed by atoms with Crippen LogP contribution < -0.4 is 5.32 Å². The SMILES string of the molecule is O=C(Nc1ccc(S(=O)(=O)N2CCCCC2)cc1)c1ccc(COCC(F)(F)F)cc1. The van der Waals surface area contributed by atoms with Crippen LogP contribution in [0.15, 0.2) is 53.4 Å². The largest absolute Gasteiger partial charge is 0.411 e. The molecule has 0 unspecified atom stereocenters. The molecule has 1 fully saturated rings. The van der Waals surface area contributed by atoms with Crippen molar-refractivity contribution < 1.29 is 31.1 Å². The Hall–Kier alpha value is -2.43. The molecule has 1 amide bonds. The van der Waals surface area contributed by atoms with E-state index in [0.29, 0.717) is 29.9 Å². The van der Waals surface area contributed by atoms with Gasteiger partial charge < -0.3 is 10.1 Å². The third-order valence-corrected chi connectivity index (χ3v) is 6.73. The van der Waals surface area contributed by atoms with E-state index in [1.165, 1.54) is 52.8 Å². The summed E-state index contributed by atoms with van der Waals surface area (Å²) >= 11 is 0. The van der Waals surface area contributed by atoms with Crippen LogP contribution in [-0.2, 0) is 21.4 Å². The third-order valence-electron chi connectivity index (χ3n) is 4.82. The van der Waals surface area contributed by atoms with Crippen LogP contribution in [0.25, 0.3) is 0 Å². The second-order valence-electron chi connectivity index (χ2n) is 7.25. The summed E-state index contributed by atoms with van der Waals surface area (Å²) in [6.07, 6.45) is -1.66. The van der Waals surface area contributed by atoms with Crippen molar-refractivity contribution in [1.82, 2.24) is 4.31 Å². The Kier molecular flexibility index (Phi) is 7.34. The highest BCUT2D eigenvalue weighted by atomic mass is 32.2. The fourth-order valence-corrected chi connectivity index (χ4v) is 4.72. The zero-order valence-electron chi connectivity index (χ0n) is 16.7. The monoisotopic (exact) mass is 456 g/mol. The van der Waals surface area contributed by atoms with E-state index in [1.54, 1.807) is 0 Å². The summed E-state index contributed by atoms with van der Waals surface area (Å²) < 4.78 is 67.7. The fourth-order valence-electron chi connectivity index (χ4n) is 3.20. The first-order chi connectivity index (χ1) is 14.6. The molecule has 2 aromatic carbocycles. The second-order valence-corrected chi connectivity index (χ2v) is 9.19. The number of ether oxygens (including phenoxy) is 1. The number of piperidine rings is 1. The molecule has 31 heavy (non-hydrogen) atoms. The molecule has 1 N–H and O–H groups in total.